The fourth-order valence-corrected chi connectivity index (χ4v) is 3.64. The normalized spacial score (nSPS) is 22.0. The van der Waals surface area contributed by atoms with E-state index < -0.39 is 0 Å². The van der Waals surface area contributed by atoms with Crippen LogP contribution in [0.5, 0.6) is 0 Å². The average Bonchev–Trinajstić information content (AvgIpc) is 3.12. The van der Waals surface area contributed by atoms with Crippen LogP contribution in [0, 0.1) is 11.7 Å². The average molecular weight is 334 g/mol. The summed E-state index contributed by atoms with van der Waals surface area (Å²) >= 11 is 0. The van der Waals surface area contributed by atoms with Gasteiger partial charge in [0.25, 0.3) is 0 Å². The molecule has 1 unspecified atom stereocenters. The van der Waals surface area contributed by atoms with Crippen LogP contribution in [0.4, 0.5) is 4.39 Å². The number of hydrogen-bond acceptors (Lipinski definition) is 3. The van der Waals surface area contributed by atoms with Gasteiger partial charge in [-0.15, -0.1) is 0 Å². The second-order valence-electron chi connectivity index (χ2n) is 6.88. The largest absolute Gasteiger partial charge is 0.342 e. The highest BCUT2D eigenvalue weighted by Crippen LogP contribution is 2.22. The number of aryl methyl sites for hydroxylation is 1. The molecule has 2 aliphatic heterocycles. The first-order chi connectivity index (χ1) is 11.7. The predicted octanol–water partition coefficient (Wildman–Crippen LogP) is 3.02. The number of hydrogen-bond donors (Lipinski definition) is 0. The highest BCUT2D eigenvalue weighted by atomic mass is 19.1. The first kappa shape index (κ1) is 17.4. The van der Waals surface area contributed by atoms with Crippen molar-refractivity contribution in [2.24, 2.45) is 5.92 Å². The molecule has 0 N–H and O–H groups in total. The van der Waals surface area contributed by atoms with E-state index in [9.17, 15) is 9.18 Å². The molecule has 2 heterocycles. The number of amides is 1. The van der Waals surface area contributed by atoms with Crippen LogP contribution in [0.1, 0.15) is 37.7 Å². The van der Waals surface area contributed by atoms with Crippen LogP contribution in [0.2, 0.25) is 0 Å². The van der Waals surface area contributed by atoms with Crippen molar-refractivity contribution in [3.05, 3.63) is 35.6 Å². The van der Waals surface area contributed by atoms with Crippen LogP contribution in [-0.2, 0) is 16.1 Å². The molecular weight excluding hydrogens is 307 g/mol. The summed E-state index contributed by atoms with van der Waals surface area (Å²) in [5, 5.41) is 1.91. The topological polar surface area (TPSA) is 32.8 Å². The summed E-state index contributed by atoms with van der Waals surface area (Å²) < 4.78 is 13.2. The molecule has 0 aromatic heterocycles. The highest BCUT2D eigenvalue weighted by Gasteiger charge is 2.24. The zero-order valence-electron chi connectivity index (χ0n) is 14.3. The number of piperidine rings is 1. The molecule has 0 aliphatic carbocycles. The summed E-state index contributed by atoms with van der Waals surface area (Å²) in [6, 6.07) is 6.84. The van der Waals surface area contributed by atoms with Crippen molar-refractivity contribution < 1.29 is 14.0 Å². The minimum atomic E-state index is -0.169. The molecule has 1 amide bonds. The Kier molecular flexibility index (Phi) is 6.21. The van der Waals surface area contributed by atoms with Crippen LogP contribution >= 0.6 is 0 Å². The molecule has 132 valence electrons. The Hall–Kier alpha value is -1.46. The lowest BCUT2D eigenvalue weighted by Gasteiger charge is -2.33. The number of hydroxylamine groups is 2. The van der Waals surface area contributed by atoms with Gasteiger partial charge in [0.15, 0.2) is 0 Å². The predicted molar refractivity (Wildman–Crippen MR) is 90.8 cm³/mol. The number of carbonyl (C=O) groups excluding carboxylic acids is 1. The Morgan fingerprint density at radius 2 is 2.21 bits per heavy atom. The molecule has 2 saturated heterocycles. The summed E-state index contributed by atoms with van der Waals surface area (Å²) in [5.74, 6) is 0.590. The summed E-state index contributed by atoms with van der Waals surface area (Å²) in [6.07, 6.45) is 5.72. The van der Waals surface area contributed by atoms with Gasteiger partial charge < -0.3 is 4.90 Å². The molecule has 1 aromatic rings. The molecule has 0 bridgehead atoms. The Bertz CT molecular complexity index is 546. The van der Waals surface area contributed by atoms with Crippen LogP contribution in [0.3, 0.4) is 0 Å². The Labute approximate surface area is 143 Å². The molecular formula is C19H27FN2O2. The molecule has 2 fully saturated rings. The van der Waals surface area contributed by atoms with Crippen LogP contribution in [0.15, 0.2) is 24.3 Å². The lowest BCUT2D eigenvalue weighted by atomic mass is 9.91. The minimum absolute atomic E-state index is 0.169. The molecule has 5 heteroatoms. The number of halogens is 1. The smallest absolute Gasteiger partial charge is 0.223 e. The standard InChI is InChI=1S/C19H27FN2O2/c20-18-6-1-4-16(14-18)7-8-17-5-2-10-21(15-17)19(23)9-12-22-11-3-13-24-22/h1,4,6,14,17H,2-3,5,7-13,15H2. The van der Waals surface area contributed by atoms with Gasteiger partial charge in [-0.2, -0.15) is 5.06 Å². The van der Waals surface area contributed by atoms with E-state index in [-0.39, 0.29) is 11.7 Å². The van der Waals surface area contributed by atoms with E-state index in [1.165, 1.54) is 6.07 Å². The Balaban J connectivity index is 1.42. The monoisotopic (exact) mass is 334 g/mol. The van der Waals surface area contributed by atoms with Crippen molar-refractivity contribution >= 4 is 5.91 Å². The molecule has 24 heavy (non-hydrogen) atoms. The number of benzene rings is 1. The summed E-state index contributed by atoms with van der Waals surface area (Å²) in [7, 11) is 0. The summed E-state index contributed by atoms with van der Waals surface area (Å²) in [4.78, 5) is 19.9. The van der Waals surface area contributed by atoms with E-state index in [0.29, 0.717) is 18.9 Å². The zero-order valence-corrected chi connectivity index (χ0v) is 14.3. The van der Waals surface area contributed by atoms with Gasteiger partial charge in [0.2, 0.25) is 5.91 Å². The quantitative estimate of drug-likeness (QED) is 0.802. The highest BCUT2D eigenvalue weighted by molar-refractivity contribution is 5.76. The van der Waals surface area contributed by atoms with Gasteiger partial charge in [0.1, 0.15) is 5.82 Å². The molecule has 0 spiro atoms. The fraction of sp³-hybridized carbons (Fsp3) is 0.632. The number of likely N-dealkylation sites (tertiary alicyclic amines) is 1. The van der Waals surface area contributed by atoms with Gasteiger partial charge in [0.05, 0.1) is 6.61 Å². The maximum atomic E-state index is 13.2. The Morgan fingerprint density at radius 1 is 1.29 bits per heavy atom. The van der Waals surface area contributed by atoms with E-state index >= 15 is 0 Å². The second kappa shape index (κ2) is 8.58. The molecule has 4 nitrogen and oxygen atoms in total. The fourth-order valence-electron chi connectivity index (χ4n) is 3.64. The van der Waals surface area contributed by atoms with Gasteiger partial charge in [-0.05, 0) is 55.7 Å². The SMILES string of the molecule is O=C(CCN1CCCO1)N1CCCC(CCc2cccc(F)c2)C1. The number of nitrogens with zero attached hydrogens (tertiary/aromatic N) is 2. The van der Waals surface area contributed by atoms with Crippen molar-refractivity contribution in [3.8, 4) is 0 Å². The van der Waals surface area contributed by atoms with Crippen molar-refractivity contribution in [3.63, 3.8) is 0 Å². The third-order valence-electron chi connectivity index (χ3n) is 5.00. The van der Waals surface area contributed by atoms with Crippen molar-refractivity contribution in [2.45, 2.75) is 38.5 Å². The molecule has 3 rings (SSSR count). The second-order valence-corrected chi connectivity index (χ2v) is 6.88. The first-order valence-electron chi connectivity index (χ1n) is 9.11. The van der Waals surface area contributed by atoms with Gasteiger partial charge >= 0.3 is 0 Å². The van der Waals surface area contributed by atoms with Gasteiger partial charge in [-0.3, -0.25) is 9.63 Å². The van der Waals surface area contributed by atoms with Crippen LogP contribution in [0.25, 0.3) is 0 Å². The lowest BCUT2D eigenvalue weighted by Crippen LogP contribution is -2.41. The van der Waals surface area contributed by atoms with Crippen molar-refractivity contribution in [2.75, 3.05) is 32.8 Å². The molecule has 1 aromatic carbocycles. The zero-order chi connectivity index (χ0) is 16.8. The maximum Gasteiger partial charge on any atom is 0.223 e. The molecule has 1 atom stereocenters. The molecule has 0 radical (unpaired) electrons. The third kappa shape index (κ3) is 5.02. The van der Waals surface area contributed by atoms with E-state index in [0.717, 1.165) is 63.9 Å². The van der Waals surface area contributed by atoms with E-state index in [1.807, 2.05) is 16.0 Å². The van der Waals surface area contributed by atoms with Crippen molar-refractivity contribution in [1.82, 2.24) is 9.96 Å². The molecule has 2 aliphatic rings. The van der Waals surface area contributed by atoms with Crippen LogP contribution in [-0.4, -0.2) is 48.7 Å². The minimum Gasteiger partial charge on any atom is -0.342 e. The molecule has 0 saturated carbocycles. The van der Waals surface area contributed by atoms with Crippen molar-refractivity contribution in [1.29, 1.82) is 0 Å². The van der Waals surface area contributed by atoms with Gasteiger partial charge in [0, 0.05) is 32.6 Å². The van der Waals surface area contributed by atoms with Crippen LogP contribution < -0.4 is 0 Å². The number of rotatable bonds is 6. The van der Waals surface area contributed by atoms with E-state index in [4.69, 9.17) is 4.84 Å². The lowest BCUT2D eigenvalue weighted by molar-refractivity contribution is -0.140. The van der Waals surface area contributed by atoms with Gasteiger partial charge in [-0.25, -0.2) is 4.39 Å². The Morgan fingerprint density at radius 3 is 3.00 bits per heavy atom. The van der Waals surface area contributed by atoms with E-state index in [2.05, 4.69) is 0 Å². The first-order valence-corrected chi connectivity index (χ1v) is 9.11. The van der Waals surface area contributed by atoms with Gasteiger partial charge in [-0.1, -0.05) is 12.1 Å². The summed E-state index contributed by atoms with van der Waals surface area (Å²) in [5.41, 5.74) is 1.05. The summed E-state index contributed by atoms with van der Waals surface area (Å²) in [6.45, 7) is 4.12. The number of carbonyl (C=O) groups is 1. The van der Waals surface area contributed by atoms with E-state index in [1.54, 1.807) is 12.1 Å². The maximum absolute atomic E-state index is 13.2. The third-order valence-corrected chi connectivity index (χ3v) is 5.00.